The Morgan fingerprint density at radius 2 is 2.15 bits per heavy atom. The zero-order valence-corrected chi connectivity index (χ0v) is 13.4. The van der Waals surface area contributed by atoms with Crippen molar-refractivity contribution < 1.29 is 9.72 Å². The first-order chi connectivity index (χ1) is 12.5. The molecule has 0 saturated carbocycles. The van der Waals surface area contributed by atoms with Crippen LogP contribution in [0.1, 0.15) is 15.9 Å². The Morgan fingerprint density at radius 1 is 1.35 bits per heavy atom. The van der Waals surface area contributed by atoms with Gasteiger partial charge in [0.25, 0.3) is 11.6 Å². The molecule has 0 fully saturated rings. The molecule has 0 bridgehead atoms. The second kappa shape index (κ2) is 6.84. The summed E-state index contributed by atoms with van der Waals surface area (Å²) < 4.78 is 0. The van der Waals surface area contributed by atoms with Gasteiger partial charge in [0, 0.05) is 23.2 Å². The maximum atomic E-state index is 12.4. The van der Waals surface area contributed by atoms with Crippen LogP contribution >= 0.6 is 0 Å². The normalized spacial score (nSPS) is 10.5. The number of nitrogens with two attached hydrogens (primary N) is 2. The molecule has 0 aliphatic rings. The van der Waals surface area contributed by atoms with Gasteiger partial charge in [-0.3, -0.25) is 14.9 Å². The number of amides is 1. The number of nitro groups is 1. The predicted molar refractivity (Wildman–Crippen MR) is 93.8 cm³/mol. The summed E-state index contributed by atoms with van der Waals surface area (Å²) in [6.45, 7) is -0.0613. The topological polar surface area (TPSA) is 167 Å². The van der Waals surface area contributed by atoms with Crippen molar-refractivity contribution in [3.8, 4) is 0 Å². The fourth-order valence-corrected chi connectivity index (χ4v) is 2.29. The first kappa shape index (κ1) is 16.8. The van der Waals surface area contributed by atoms with E-state index in [1.54, 1.807) is 24.5 Å². The fraction of sp³-hybridized carbons (Fsp3) is 0.0667. The zero-order valence-electron chi connectivity index (χ0n) is 13.4. The summed E-state index contributed by atoms with van der Waals surface area (Å²) in [5, 5.41) is 16.0. The van der Waals surface area contributed by atoms with E-state index in [0.29, 0.717) is 5.65 Å². The molecule has 0 spiro atoms. The molecule has 2 aromatic heterocycles. The van der Waals surface area contributed by atoms with E-state index >= 15 is 0 Å². The number of aliphatic imine (C=N–C) groups is 1. The summed E-state index contributed by atoms with van der Waals surface area (Å²) in [7, 11) is 0. The number of pyridine rings is 1. The van der Waals surface area contributed by atoms with Crippen molar-refractivity contribution in [3.63, 3.8) is 0 Å². The second-order valence-electron chi connectivity index (χ2n) is 5.26. The summed E-state index contributed by atoms with van der Waals surface area (Å²) in [6.07, 6.45) is 3.11. The second-order valence-corrected chi connectivity index (χ2v) is 5.26. The number of benzene rings is 1. The number of rotatable bonds is 5. The van der Waals surface area contributed by atoms with E-state index in [2.05, 4.69) is 20.5 Å². The molecular formula is C15H14N8O3. The van der Waals surface area contributed by atoms with E-state index in [1.807, 2.05) is 0 Å². The molecule has 0 atom stereocenters. The van der Waals surface area contributed by atoms with Crippen molar-refractivity contribution in [1.82, 2.24) is 14.9 Å². The minimum Gasteiger partial charge on any atom is -0.370 e. The van der Waals surface area contributed by atoms with Crippen molar-refractivity contribution in [3.05, 3.63) is 64.0 Å². The van der Waals surface area contributed by atoms with Gasteiger partial charge in [-0.15, -0.1) is 0 Å². The molecule has 2 heterocycles. The van der Waals surface area contributed by atoms with Crippen LogP contribution < -0.4 is 16.9 Å². The number of hydrogen-bond donors (Lipinski definition) is 3. The Bertz CT molecular complexity index is 1020. The third-order valence-corrected chi connectivity index (χ3v) is 3.51. The van der Waals surface area contributed by atoms with Crippen LogP contribution in [0.2, 0.25) is 0 Å². The Balaban J connectivity index is 1.88. The van der Waals surface area contributed by atoms with Crippen LogP contribution in [0.5, 0.6) is 0 Å². The third-order valence-electron chi connectivity index (χ3n) is 3.51. The Morgan fingerprint density at radius 3 is 2.88 bits per heavy atom. The molecular weight excluding hydrogens is 340 g/mol. The molecule has 3 aromatic rings. The molecule has 0 aliphatic carbocycles. The van der Waals surface area contributed by atoms with Crippen LogP contribution in [-0.4, -0.2) is 31.7 Å². The number of nitro benzene ring substituents is 1. The minimum atomic E-state index is -0.598. The highest BCUT2D eigenvalue weighted by Crippen LogP contribution is 2.21. The molecule has 11 heteroatoms. The lowest BCUT2D eigenvalue weighted by Crippen LogP contribution is -2.24. The lowest BCUT2D eigenvalue weighted by Gasteiger charge is -2.07. The molecule has 0 aliphatic heterocycles. The Hall–Kier alpha value is -4.02. The van der Waals surface area contributed by atoms with Crippen molar-refractivity contribution >= 4 is 28.6 Å². The molecule has 5 N–H and O–H groups in total. The van der Waals surface area contributed by atoms with Crippen molar-refractivity contribution in [1.29, 1.82) is 0 Å². The Kier molecular flexibility index (Phi) is 4.43. The number of aromatic nitrogens is 3. The van der Waals surface area contributed by atoms with Crippen LogP contribution in [0.3, 0.4) is 0 Å². The predicted octanol–water partition coefficient (Wildman–Crippen LogP) is 0.497. The largest absolute Gasteiger partial charge is 0.370 e. The molecule has 3 rings (SSSR count). The van der Waals surface area contributed by atoms with Gasteiger partial charge in [0.2, 0.25) is 0 Å². The van der Waals surface area contributed by atoms with E-state index in [0.717, 1.165) is 11.5 Å². The van der Waals surface area contributed by atoms with Crippen LogP contribution in [0.4, 0.5) is 5.69 Å². The standard InChI is InChI=1S/C15H14N8O3/c16-15(17)19-7-10-4-3-9(6-12(10)23(25)26)14(24)21-22-13-11(8-20-22)2-1-5-18-13/h1-6,8H,7H2,(H,21,24)(H4,16,17,19). The summed E-state index contributed by atoms with van der Waals surface area (Å²) in [5.74, 6) is -0.753. The average Bonchev–Trinajstić information content (AvgIpc) is 3.02. The number of hydrogen-bond acceptors (Lipinski definition) is 6. The number of fused-ring (bicyclic) bond motifs is 1. The van der Waals surface area contributed by atoms with E-state index in [1.165, 1.54) is 16.9 Å². The molecule has 1 aromatic carbocycles. The van der Waals surface area contributed by atoms with Gasteiger partial charge < -0.3 is 11.5 Å². The summed E-state index contributed by atoms with van der Waals surface area (Å²) in [6, 6.07) is 7.57. The maximum absolute atomic E-state index is 12.4. The van der Waals surface area contributed by atoms with Gasteiger partial charge in [0.05, 0.1) is 23.2 Å². The minimum absolute atomic E-state index is 0.0613. The van der Waals surface area contributed by atoms with Crippen LogP contribution in [-0.2, 0) is 6.54 Å². The van der Waals surface area contributed by atoms with Crippen molar-refractivity contribution in [2.45, 2.75) is 6.54 Å². The molecule has 0 radical (unpaired) electrons. The monoisotopic (exact) mass is 354 g/mol. The van der Waals surface area contributed by atoms with Gasteiger partial charge in [-0.25, -0.2) is 15.4 Å². The van der Waals surface area contributed by atoms with Gasteiger partial charge >= 0.3 is 0 Å². The molecule has 11 nitrogen and oxygen atoms in total. The quantitative estimate of drug-likeness (QED) is 0.259. The summed E-state index contributed by atoms with van der Waals surface area (Å²) in [4.78, 5) is 32.2. The molecule has 0 saturated heterocycles. The number of nitrogens with zero attached hydrogens (tertiary/aromatic N) is 5. The maximum Gasteiger partial charge on any atom is 0.275 e. The zero-order chi connectivity index (χ0) is 18.7. The first-order valence-corrected chi connectivity index (χ1v) is 7.38. The highest BCUT2D eigenvalue weighted by atomic mass is 16.6. The Labute approximate surface area is 146 Å². The molecule has 26 heavy (non-hydrogen) atoms. The number of nitrogens with one attached hydrogen (secondary N) is 1. The van der Waals surface area contributed by atoms with Gasteiger partial charge in [-0.1, -0.05) is 0 Å². The number of carbonyl (C=O) groups excluding carboxylic acids is 1. The van der Waals surface area contributed by atoms with Crippen LogP contribution in [0.25, 0.3) is 11.0 Å². The third kappa shape index (κ3) is 3.40. The van der Waals surface area contributed by atoms with Crippen LogP contribution in [0.15, 0.2) is 47.7 Å². The lowest BCUT2D eigenvalue weighted by atomic mass is 10.1. The van der Waals surface area contributed by atoms with Gasteiger partial charge in [-0.2, -0.15) is 9.89 Å². The highest BCUT2D eigenvalue weighted by molar-refractivity contribution is 6.01. The van der Waals surface area contributed by atoms with E-state index in [4.69, 9.17) is 11.5 Å². The SMILES string of the molecule is NC(N)=NCc1ccc(C(=O)Nn2ncc3cccnc32)cc1[N+](=O)[O-]. The average molecular weight is 354 g/mol. The smallest absolute Gasteiger partial charge is 0.275 e. The molecule has 132 valence electrons. The number of guanidine groups is 1. The van der Waals surface area contributed by atoms with Gasteiger partial charge in [-0.05, 0) is 24.3 Å². The summed E-state index contributed by atoms with van der Waals surface area (Å²) in [5.41, 5.74) is 13.6. The molecule has 1 amide bonds. The van der Waals surface area contributed by atoms with Crippen LogP contribution in [0, 0.1) is 10.1 Å². The fourth-order valence-electron chi connectivity index (χ4n) is 2.29. The van der Waals surface area contributed by atoms with E-state index in [9.17, 15) is 14.9 Å². The summed E-state index contributed by atoms with van der Waals surface area (Å²) >= 11 is 0. The highest BCUT2D eigenvalue weighted by Gasteiger charge is 2.18. The van der Waals surface area contributed by atoms with E-state index in [-0.39, 0.29) is 29.3 Å². The van der Waals surface area contributed by atoms with Gasteiger partial charge in [0.1, 0.15) is 0 Å². The van der Waals surface area contributed by atoms with Crippen molar-refractivity contribution in [2.24, 2.45) is 16.5 Å². The lowest BCUT2D eigenvalue weighted by molar-refractivity contribution is -0.385. The van der Waals surface area contributed by atoms with Crippen molar-refractivity contribution in [2.75, 3.05) is 5.43 Å². The number of carbonyl (C=O) groups is 1. The molecule has 0 unspecified atom stereocenters. The van der Waals surface area contributed by atoms with Gasteiger partial charge in [0.15, 0.2) is 11.6 Å². The first-order valence-electron chi connectivity index (χ1n) is 7.38. The van der Waals surface area contributed by atoms with E-state index < -0.39 is 10.8 Å².